The van der Waals surface area contributed by atoms with Crippen molar-refractivity contribution in [3.8, 4) is 0 Å². The van der Waals surface area contributed by atoms with Crippen LogP contribution in [0.3, 0.4) is 0 Å². The van der Waals surface area contributed by atoms with Crippen molar-refractivity contribution in [1.82, 2.24) is 0 Å². The molecule has 0 aliphatic carbocycles. The molecule has 0 heterocycles. The zero-order valence-electron chi connectivity index (χ0n) is 8.95. The Morgan fingerprint density at radius 1 is 1.00 bits per heavy atom. The van der Waals surface area contributed by atoms with E-state index in [1.807, 2.05) is 0 Å². The molecule has 0 unspecified atom stereocenters. The molecule has 0 atom stereocenters. The number of hydrogen-bond donors (Lipinski definition) is 0. The summed E-state index contributed by atoms with van der Waals surface area (Å²) in [6, 6.07) is 0. The first kappa shape index (κ1) is 16.1. The average Bonchev–Trinajstić information content (AvgIpc) is 2.04. The molecule has 0 spiro atoms. The Kier molecular flexibility index (Phi) is 26.9. The second kappa shape index (κ2) is 18.4. The van der Waals surface area contributed by atoms with E-state index >= 15 is 0 Å². The van der Waals surface area contributed by atoms with Crippen LogP contribution in [0.4, 0.5) is 0 Å². The molecule has 0 amide bonds. The second-order valence-corrected chi connectivity index (χ2v) is 5.62. The minimum atomic E-state index is 1.11. The van der Waals surface area contributed by atoms with E-state index in [0.717, 1.165) is 49.0 Å². The summed E-state index contributed by atoms with van der Waals surface area (Å²) in [5, 5.41) is 0. The van der Waals surface area contributed by atoms with E-state index in [0.29, 0.717) is 0 Å². The second-order valence-electron chi connectivity index (χ2n) is 3.06. The van der Waals surface area contributed by atoms with E-state index in [2.05, 4.69) is 13.8 Å². The monoisotopic (exact) mass is 190 g/mol. The average molecular weight is 190 g/mol. The zero-order valence-corrected chi connectivity index (χ0v) is 14.1. The molecule has 58 valence electrons. The predicted molar refractivity (Wildman–Crippen MR) is 55.6 cm³/mol. The number of rotatable bonds is 5. The minimum absolute atomic E-state index is 1.11. The Bertz CT molecular complexity index is 42.8. The van der Waals surface area contributed by atoms with Gasteiger partial charge in [-0.25, -0.2) is 0 Å². The van der Waals surface area contributed by atoms with Crippen LogP contribution in [0.5, 0.6) is 0 Å². The van der Waals surface area contributed by atoms with Gasteiger partial charge in [-0.1, -0.05) is 0 Å². The van der Waals surface area contributed by atoms with Gasteiger partial charge in [0, 0.05) is 0 Å². The maximum atomic E-state index is 2.25. The van der Waals surface area contributed by atoms with Crippen LogP contribution in [0.2, 0.25) is 4.19 Å². The summed E-state index contributed by atoms with van der Waals surface area (Å²) in [6.45, 7) is 4.49. The first-order valence-electron chi connectivity index (χ1n) is 5.33. The first-order valence-corrected chi connectivity index (χ1v) is 8.95. The van der Waals surface area contributed by atoms with Gasteiger partial charge in [0.05, 0.1) is 0 Å². The molecule has 0 radical (unpaired) electrons. The van der Waals surface area contributed by atoms with E-state index in [9.17, 15) is 0 Å². The van der Waals surface area contributed by atoms with Gasteiger partial charge in [-0.15, -0.1) is 0 Å². The molecular formula is C9H20KNa. The summed E-state index contributed by atoms with van der Waals surface area (Å²) in [7, 11) is 0. The van der Waals surface area contributed by atoms with Crippen LogP contribution >= 0.6 is 0 Å². The molecule has 0 saturated heterocycles. The first-order chi connectivity index (χ1) is 5.33. The summed E-state index contributed by atoms with van der Waals surface area (Å²) < 4.78 is 3.03. The molecule has 0 bridgehead atoms. The summed E-state index contributed by atoms with van der Waals surface area (Å²) in [4.78, 5) is 0. The molecule has 0 nitrogen and oxygen atoms in total. The Labute approximate surface area is 124 Å². The van der Waals surface area contributed by atoms with Crippen molar-refractivity contribution in [2.45, 2.75) is 50.1 Å². The summed E-state index contributed by atoms with van der Waals surface area (Å²) in [5.74, 6) is 0. The van der Waals surface area contributed by atoms with Crippen molar-refractivity contribution in [3.63, 3.8) is 0 Å². The fourth-order valence-corrected chi connectivity index (χ4v) is 2.46. The molecule has 0 saturated carbocycles. The van der Waals surface area contributed by atoms with E-state index in [4.69, 9.17) is 0 Å². The van der Waals surface area contributed by atoms with Crippen molar-refractivity contribution >= 4 is 76.9 Å². The van der Waals surface area contributed by atoms with Gasteiger partial charge in [-0.05, 0) is 0 Å². The van der Waals surface area contributed by atoms with Crippen LogP contribution < -0.4 is 0 Å². The topological polar surface area (TPSA) is 0 Å². The van der Waals surface area contributed by atoms with E-state index < -0.39 is 0 Å². The van der Waals surface area contributed by atoms with Crippen molar-refractivity contribution < 1.29 is 0 Å². The Balaban J connectivity index is 0. The van der Waals surface area contributed by atoms with Gasteiger partial charge < -0.3 is 0 Å². The van der Waals surface area contributed by atoms with E-state index in [-0.39, 0.29) is 0 Å². The van der Waals surface area contributed by atoms with Crippen LogP contribution in [0.25, 0.3) is 0 Å². The molecule has 0 aromatic rings. The van der Waals surface area contributed by atoms with Crippen LogP contribution in [0.15, 0.2) is 0 Å². The molecule has 11 heavy (non-hydrogen) atoms. The Hall–Kier alpha value is 2.64. The Morgan fingerprint density at radius 3 is 1.64 bits per heavy atom. The molecule has 0 N–H and O–H groups in total. The van der Waals surface area contributed by atoms with Gasteiger partial charge in [-0.3, -0.25) is 0 Å². The SMILES string of the molecule is CCCC[CH2][Na].CCC[CH2][K]. The van der Waals surface area contributed by atoms with Crippen molar-refractivity contribution in [1.29, 1.82) is 0 Å². The van der Waals surface area contributed by atoms with Gasteiger partial charge in [-0.2, -0.15) is 0 Å². The molecule has 0 aromatic heterocycles. The summed E-state index contributed by atoms with van der Waals surface area (Å²) in [6.07, 6.45) is 7.16. The third kappa shape index (κ3) is 24.5. The van der Waals surface area contributed by atoms with E-state index in [1.165, 1.54) is 64.2 Å². The molecule has 0 aliphatic rings. The van der Waals surface area contributed by atoms with Crippen LogP contribution in [-0.4, -0.2) is 76.9 Å². The van der Waals surface area contributed by atoms with Crippen LogP contribution in [0.1, 0.15) is 46.0 Å². The standard InChI is InChI=1S/C5H11.C4H9.K.Na/c1-3-5-4-2;1-3-4-2;;/h1,3-5H2,2H3;1,3-4H2,2H3;;. The quantitative estimate of drug-likeness (QED) is 0.461. The molecule has 0 fully saturated rings. The van der Waals surface area contributed by atoms with Crippen LogP contribution in [0, 0.1) is 0 Å². The van der Waals surface area contributed by atoms with Gasteiger partial charge in [0.25, 0.3) is 0 Å². The summed E-state index contributed by atoms with van der Waals surface area (Å²) in [5.41, 5.74) is 0. The van der Waals surface area contributed by atoms with Crippen molar-refractivity contribution in [2.24, 2.45) is 0 Å². The fraction of sp³-hybridized carbons (Fsp3) is 1.00. The molecule has 0 aromatic carbocycles. The van der Waals surface area contributed by atoms with E-state index in [1.54, 1.807) is 0 Å². The van der Waals surface area contributed by atoms with Gasteiger partial charge >= 0.3 is 127 Å². The normalized spacial score (nSPS) is 8.91. The van der Waals surface area contributed by atoms with Crippen molar-refractivity contribution in [2.75, 3.05) is 0 Å². The molecule has 0 aliphatic heterocycles. The molecule has 0 rings (SSSR count). The fourth-order valence-electron chi connectivity index (χ4n) is 0.854. The number of hydrogen-bond acceptors (Lipinski definition) is 0. The van der Waals surface area contributed by atoms with Gasteiger partial charge in [0.15, 0.2) is 0 Å². The third-order valence-electron chi connectivity index (χ3n) is 1.66. The van der Waals surface area contributed by atoms with Crippen LogP contribution in [-0.2, 0) is 0 Å². The predicted octanol–water partition coefficient (Wildman–Crippen LogP) is 3.14. The summed E-state index contributed by atoms with van der Waals surface area (Å²) >= 11 is 2.52. The zero-order chi connectivity index (χ0) is 8.95. The third-order valence-corrected chi connectivity index (χ3v) is 3.48. The van der Waals surface area contributed by atoms with Gasteiger partial charge in [0.1, 0.15) is 0 Å². The Morgan fingerprint density at radius 2 is 1.55 bits per heavy atom. The van der Waals surface area contributed by atoms with Gasteiger partial charge in [0.2, 0.25) is 0 Å². The molecule has 2 heteroatoms. The number of unbranched alkanes of at least 4 members (excludes halogenated alkanes) is 3. The van der Waals surface area contributed by atoms with Crippen molar-refractivity contribution in [3.05, 3.63) is 0 Å². The molecular weight excluding hydrogens is 170 g/mol. The maximum absolute atomic E-state index is 2.25.